The fourth-order valence-electron chi connectivity index (χ4n) is 3.24. The van der Waals surface area contributed by atoms with Crippen molar-refractivity contribution in [1.29, 1.82) is 0 Å². The van der Waals surface area contributed by atoms with E-state index in [1.807, 2.05) is 0 Å². The molecule has 114 valence electrons. The van der Waals surface area contributed by atoms with Crippen LogP contribution in [0.5, 0.6) is 0 Å². The van der Waals surface area contributed by atoms with Crippen molar-refractivity contribution in [1.82, 2.24) is 0 Å². The summed E-state index contributed by atoms with van der Waals surface area (Å²) in [5.74, 6) is 0. The lowest BCUT2D eigenvalue weighted by atomic mass is 9.91. The fourth-order valence-corrected chi connectivity index (χ4v) is 3.24. The van der Waals surface area contributed by atoms with Gasteiger partial charge in [-0.25, -0.2) is 0 Å². The molecule has 1 aliphatic rings. The van der Waals surface area contributed by atoms with Crippen molar-refractivity contribution < 1.29 is 10.2 Å². The van der Waals surface area contributed by atoms with Crippen LogP contribution in [0.15, 0.2) is 0 Å². The van der Waals surface area contributed by atoms with Gasteiger partial charge in [0.15, 0.2) is 0 Å². The molecule has 1 rings (SSSR count). The van der Waals surface area contributed by atoms with Crippen LogP contribution >= 0.6 is 0 Å². The van der Waals surface area contributed by atoms with Gasteiger partial charge in [-0.05, 0) is 19.3 Å². The van der Waals surface area contributed by atoms with Crippen LogP contribution in [0.2, 0.25) is 0 Å². The molecular formula is C17H34O2. The predicted molar refractivity (Wildman–Crippen MR) is 81.3 cm³/mol. The molecule has 0 aromatic rings. The van der Waals surface area contributed by atoms with E-state index in [4.69, 9.17) is 0 Å². The monoisotopic (exact) mass is 270 g/mol. The molecule has 0 aliphatic heterocycles. The number of aliphatic hydroxyl groups is 2. The molecule has 1 atom stereocenters. The first-order valence-corrected chi connectivity index (χ1v) is 8.59. The molecular weight excluding hydrogens is 236 g/mol. The summed E-state index contributed by atoms with van der Waals surface area (Å²) in [4.78, 5) is 0. The maximum absolute atomic E-state index is 10.2. The molecule has 2 heteroatoms. The summed E-state index contributed by atoms with van der Waals surface area (Å²) < 4.78 is 0. The Morgan fingerprint density at radius 3 is 1.84 bits per heavy atom. The second-order valence-electron chi connectivity index (χ2n) is 6.44. The summed E-state index contributed by atoms with van der Waals surface area (Å²) in [6, 6.07) is 0. The van der Waals surface area contributed by atoms with Gasteiger partial charge in [0.1, 0.15) is 0 Å². The Balaban J connectivity index is 1.90. The first-order valence-electron chi connectivity index (χ1n) is 8.59. The van der Waals surface area contributed by atoms with E-state index < -0.39 is 11.7 Å². The third kappa shape index (κ3) is 6.76. The van der Waals surface area contributed by atoms with Gasteiger partial charge in [0.2, 0.25) is 0 Å². The van der Waals surface area contributed by atoms with Gasteiger partial charge < -0.3 is 10.2 Å². The first kappa shape index (κ1) is 17.0. The highest BCUT2D eigenvalue weighted by Gasteiger charge is 2.37. The molecule has 1 unspecified atom stereocenters. The molecule has 1 fully saturated rings. The summed E-state index contributed by atoms with van der Waals surface area (Å²) in [6.07, 6.45) is 15.8. The second kappa shape index (κ2) is 9.77. The Morgan fingerprint density at radius 2 is 1.32 bits per heavy atom. The largest absolute Gasteiger partial charge is 0.390 e. The first-order chi connectivity index (χ1) is 9.19. The van der Waals surface area contributed by atoms with E-state index in [0.717, 1.165) is 38.5 Å². The molecule has 0 saturated heterocycles. The molecule has 19 heavy (non-hydrogen) atoms. The van der Waals surface area contributed by atoms with Gasteiger partial charge in [-0.2, -0.15) is 0 Å². The van der Waals surface area contributed by atoms with Gasteiger partial charge in [0, 0.05) is 0 Å². The normalized spacial score (nSPS) is 19.7. The molecule has 0 amide bonds. The number of aliphatic hydroxyl groups excluding tert-OH is 1. The average molecular weight is 270 g/mol. The number of unbranched alkanes of at least 4 members (excludes halogenated alkanes) is 8. The molecule has 0 heterocycles. The quantitative estimate of drug-likeness (QED) is 0.540. The summed E-state index contributed by atoms with van der Waals surface area (Å²) in [5, 5.41) is 20.3. The molecule has 0 bridgehead atoms. The lowest BCUT2D eigenvalue weighted by Gasteiger charge is -2.28. The van der Waals surface area contributed by atoms with E-state index >= 15 is 0 Å². The summed E-state index contributed by atoms with van der Waals surface area (Å²) >= 11 is 0. The van der Waals surface area contributed by atoms with Crippen molar-refractivity contribution in [2.24, 2.45) is 0 Å². The highest BCUT2D eigenvalue weighted by molar-refractivity contribution is 4.90. The minimum atomic E-state index is -0.750. The topological polar surface area (TPSA) is 40.5 Å². The van der Waals surface area contributed by atoms with Crippen LogP contribution in [0.3, 0.4) is 0 Å². The van der Waals surface area contributed by atoms with Gasteiger partial charge in [-0.3, -0.25) is 0 Å². The fraction of sp³-hybridized carbons (Fsp3) is 1.00. The number of rotatable bonds is 11. The zero-order valence-electron chi connectivity index (χ0n) is 12.9. The predicted octanol–water partition coefficient (Wildman–Crippen LogP) is 4.57. The Morgan fingerprint density at radius 1 is 0.842 bits per heavy atom. The van der Waals surface area contributed by atoms with Crippen LogP contribution in [0, 0.1) is 0 Å². The molecule has 1 aliphatic carbocycles. The van der Waals surface area contributed by atoms with Crippen LogP contribution in [0.25, 0.3) is 0 Å². The highest BCUT2D eigenvalue weighted by Crippen LogP contribution is 2.34. The Kier molecular flexibility index (Phi) is 8.72. The maximum atomic E-state index is 10.2. The molecule has 2 N–H and O–H groups in total. The van der Waals surface area contributed by atoms with Crippen molar-refractivity contribution in [3.05, 3.63) is 0 Å². The van der Waals surface area contributed by atoms with E-state index in [1.165, 1.54) is 51.4 Å². The van der Waals surface area contributed by atoms with Crippen molar-refractivity contribution >= 4 is 0 Å². The van der Waals surface area contributed by atoms with Crippen LogP contribution < -0.4 is 0 Å². The van der Waals surface area contributed by atoms with Gasteiger partial charge >= 0.3 is 0 Å². The van der Waals surface area contributed by atoms with E-state index in [9.17, 15) is 10.2 Å². The standard InChI is InChI=1S/C17H34O2/c1-2-3-4-5-6-7-8-9-10-13-16(18)17(19)14-11-12-15-17/h16,18-19H,2-15H2,1H3. The van der Waals surface area contributed by atoms with Crippen molar-refractivity contribution in [2.45, 2.75) is 109 Å². The molecule has 0 aromatic heterocycles. The van der Waals surface area contributed by atoms with E-state index in [-0.39, 0.29) is 0 Å². The lowest BCUT2D eigenvalue weighted by Crippen LogP contribution is -2.39. The van der Waals surface area contributed by atoms with E-state index in [0.29, 0.717) is 0 Å². The Hall–Kier alpha value is -0.0800. The van der Waals surface area contributed by atoms with Gasteiger partial charge in [-0.1, -0.05) is 77.6 Å². The summed E-state index contributed by atoms with van der Waals surface area (Å²) in [6.45, 7) is 2.25. The van der Waals surface area contributed by atoms with Crippen LogP contribution in [0.1, 0.15) is 96.8 Å². The second-order valence-corrected chi connectivity index (χ2v) is 6.44. The number of hydrogen-bond donors (Lipinski definition) is 2. The highest BCUT2D eigenvalue weighted by atomic mass is 16.3. The zero-order valence-corrected chi connectivity index (χ0v) is 12.9. The summed E-state index contributed by atoms with van der Waals surface area (Å²) in [7, 11) is 0. The van der Waals surface area contributed by atoms with Crippen molar-refractivity contribution in [3.63, 3.8) is 0 Å². The van der Waals surface area contributed by atoms with Crippen LogP contribution in [-0.4, -0.2) is 21.9 Å². The minimum Gasteiger partial charge on any atom is -0.390 e. The average Bonchev–Trinajstić information content (AvgIpc) is 2.85. The Bertz CT molecular complexity index is 209. The lowest BCUT2D eigenvalue weighted by molar-refractivity contribution is -0.0736. The molecule has 1 saturated carbocycles. The minimum absolute atomic E-state index is 0.487. The van der Waals surface area contributed by atoms with Crippen LogP contribution in [-0.2, 0) is 0 Å². The number of hydrogen-bond acceptors (Lipinski definition) is 2. The molecule has 0 aromatic carbocycles. The third-order valence-corrected chi connectivity index (χ3v) is 4.67. The zero-order chi connectivity index (χ0) is 14.0. The smallest absolute Gasteiger partial charge is 0.0905 e. The van der Waals surface area contributed by atoms with Gasteiger partial charge in [-0.15, -0.1) is 0 Å². The molecule has 0 radical (unpaired) electrons. The molecule has 2 nitrogen and oxygen atoms in total. The molecule has 0 spiro atoms. The SMILES string of the molecule is CCCCCCCCCCCC(O)C1(O)CCCC1. The van der Waals surface area contributed by atoms with Crippen molar-refractivity contribution in [3.8, 4) is 0 Å². The van der Waals surface area contributed by atoms with E-state index in [1.54, 1.807) is 0 Å². The van der Waals surface area contributed by atoms with Gasteiger partial charge in [0.25, 0.3) is 0 Å². The van der Waals surface area contributed by atoms with E-state index in [2.05, 4.69) is 6.92 Å². The maximum Gasteiger partial charge on any atom is 0.0905 e. The summed E-state index contributed by atoms with van der Waals surface area (Å²) in [5.41, 5.74) is -0.750. The third-order valence-electron chi connectivity index (χ3n) is 4.67. The van der Waals surface area contributed by atoms with Crippen LogP contribution in [0.4, 0.5) is 0 Å². The van der Waals surface area contributed by atoms with Gasteiger partial charge in [0.05, 0.1) is 11.7 Å². The Labute approximate surface area is 119 Å². The van der Waals surface area contributed by atoms with Crippen molar-refractivity contribution in [2.75, 3.05) is 0 Å².